The summed E-state index contributed by atoms with van der Waals surface area (Å²) >= 11 is 0. The molecule has 2 N–H and O–H groups in total. The molecule has 2 aromatic rings. The maximum absolute atomic E-state index is 9.08. The number of nitrogens with one attached hydrogen (secondary N) is 2. The average molecular weight is 260 g/mol. The van der Waals surface area contributed by atoms with E-state index in [0.29, 0.717) is 5.22 Å². The molecular formula is C16H12N4. The molecule has 0 spiro atoms. The highest BCUT2D eigenvalue weighted by Crippen LogP contribution is 2.07. The second kappa shape index (κ2) is 4.95. The number of rotatable bonds is 0. The van der Waals surface area contributed by atoms with Crippen LogP contribution in [0.4, 0.5) is 0 Å². The second-order valence-corrected chi connectivity index (χ2v) is 4.53. The van der Waals surface area contributed by atoms with E-state index >= 15 is 0 Å². The molecule has 0 atom stereocenters. The van der Waals surface area contributed by atoms with Crippen LogP contribution < -0.4 is 21.1 Å². The van der Waals surface area contributed by atoms with Crippen molar-refractivity contribution in [2.75, 3.05) is 13.1 Å². The van der Waals surface area contributed by atoms with Crippen molar-refractivity contribution in [2.45, 2.75) is 0 Å². The fraction of sp³-hybridized carbons (Fsp3) is 0.125. The Kier molecular flexibility index (Phi) is 2.99. The summed E-state index contributed by atoms with van der Waals surface area (Å²) in [5.74, 6) is 1.00. The maximum Gasteiger partial charge on any atom is 0.137 e. The van der Waals surface area contributed by atoms with Crippen molar-refractivity contribution < 1.29 is 0 Å². The molecule has 0 saturated carbocycles. The van der Waals surface area contributed by atoms with Gasteiger partial charge in [-0.25, -0.2) is 0 Å². The summed E-state index contributed by atoms with van der Waals surface area (Å²) in [5.41, 5.74) is 0.144. The van der Waals surface area contributed by atoms with Gasteiger partial charge in [0.15, 0.2) is 0 Å². The molecule has 1 saturated heterocycles. The predicted molar refractivity (Wildman–Crippen MR) is 77.2 cm³/mol. The lowest BCUT2D eigenvalue weighted by Crippen LogP contribution is -2.23. The Hall–Kier alpha value is -2.98. The van der Waals surface area contributed by atoms with Gasteiger partial charge in [0, 0.05) is 23.5 Å². The van der Waals surface area contributed by atoms with E-state index in [2.05, 4.69) is 10.6 Å². The molecular weight excluding hydrogens is 248 g/mol. The number of benzene rings is 2. The van der Waals surface area contributed by atoms with Crippen molar-refractivity contribution in [3.05, 3.63) is 46.8 Å². The molecule has 1 aliphatic rings. The van der Waals surface area contributed by atoms with Gasteiger partial charge in [0.25, 0.3) is 0 Å². The number of hydrogen-bond donors (Lipinski definition) is 2. The lowest BCUT2D eigenvalue weighted by Gasteiger charge is -2.04. The highest BCUT2D eigenvalue weighted by Gasteiger charge is 2.08. The molecule has 2 aromatic carbocycles. The summed E-state index contributed by atoms with van der Waals surface area (Å²) in [4.78, 5) is 0. The van der Waals surface area contributed by atoms with Crippen LogP contribution in [0.2, 0.25) is 0 Å². The molecule has 20 heavy (non-hydrogen) atoms. The molecule has 1 fully saturated rings. The Bertz CT molecular complexity index is 857. The van der Waals surface area contributed by atoms with Gasteiger partial charge in [-0.3, -0.25) is 0 Å². The largest absolute Gasteiger partial charge is 0.370 e. The highest BCUT2D eigenvalue weighted by atomic mass is 15.2. The van der Waals surface area contributed by atoms with Crippen molar-refractivity contribution in [1.29, 1.82) is 10.5 Å². The zero-order valence-corrected chi connectivity index (χ0v) is 10.8. The molecule has 4 heteroatoms. The van der Waals surface area contributed by atoms with Crippen LogP contribution in [0.5, 0.6) is 0 Å². The van der Waals surface area contributed by atoms with Gasteiger partial charge < -0.3 is 10.6 Å². The number of nitrogens with zero attached hydrogens (tertiary/aromatic N) is 2. The molecule has 0 amide bonds. The Labute approximate surface area is 116 Å². The van der Waals surface area contributed by atoms with Gasteiger partial charge in [-0.1, -0.05) is 36.4 Å². The third-order valence-corrected chi connectivity index (χ3v) is 3.41. The van der Waals surface area contributed by atoms with Crippen LogP contribution in [0.25, 0.3) is 22.2 Å². The van der Waals surface area contributed by atoms with Gasteiger partial charge in [-0.05, 0) is 10.8 Å². The van der Waals surface area contributed by atoms with E-state index in [0.717, 1.165) is 34.9 Å². The van der Waals surface area contributed by atoms with Crippen LogP contribution in [0.3, 0.4) is 0 Å². The third kappa shape index (κ3) is 1.84. The SMILES string of the molecule is N#CC(C#N)=c1ccc(=C2NCCN2)c2ccccc12. The first-order valence-electron chi connectivity index (χ1n) is 6.39. The molecule has 0 unspecified atom stereocenters. The predicted octanol–water partition coefficient (Wildman–Crippen LogP) is 0.296. The lowest BCUT2D eigenvalue weighted by atomic mass is 10.0. The smallest absolute Gasteiger partial charge is 0.137 e. The van der Waals surface area contributed by atoms with Crippen molar-refractivity contribution in [1.82, 2.24) is 10.6 Å². The quantitative estimate of drug-likeness (QED) is 0.714. The molecule has 0 aliphatic carbocycles. The average Bonchev–Trinajstić information content (AvgIpc) is 3.02. The third-order valence-electron chi connectivity index (χ3n) is 3.41. The fourth-order valence-electron chi connectivity index (χ4n) is 2.51. The Morgan fingerprint density at radius 1 is 0.900 bits per heavy atom. The van der Waals surface area contributed by atoms with Crippen LogP contribution in [0.1, 0.15) is 0 Å². The first-order valence-corrected chi connectivity index (χ1v) is 6.39. The van der Waals surface area contributed by atoms with Gasteiger partial charge in [0.1, 0.15) is 23.5 Å². The zero-order chi connectivity index (χ0) is 13.9. The molecule has 4 nitrogen and oxygen atoms in total. The highest BCUT2D eigenvalue weighted by molar-refractivity contribution is 5.89. The van der Waals surface area contributed by atoms with E-state index in [4.69, 9.17) is 10.5 Å². The summed E-state index contributed by atoms with van der Waals surface area (Å²) in [6.45, 7) is 1.80. The van der Waals surface area contributed by atoms with E-state index in [-0.39, 0.29) is 5.57 Å². The minimum atomic E-state index is 0.144. The first-order chi connectivity index (χ1) is 9.85. The van der Waals surface area contributed by atoms with Gasteiger partial charge in [-0.15, -0.1) is 0 Å². The fourth-order valence-corrected chi connectivity index (χ4v) is 2.51. The van der Waals surface area contributed by atoms with Crippen LogP contribution in [-0.2, 0) is 0 Å². The van der Waals surface area contributed by atoms with Crippen molar-refractivity contribution in [2.24, 2.45) is 0 Å². The Balaban J connectivity index is 2.51. The topological polar surface area (TPSA) is 71.6 Å². The molecule has 0 radical (unpaired) electrons. The number of nitriles is 2. The molecule has 0 bridgehead atoms. The second-order valence-electron chi connectivity index (χ2n) is 4.53. The van der Waals surface area contributed by atoms with E-state index in [1.807, 2.05) is 48.5 Å². The summed E-state index contributed by atoms with van der Waals surface area (Å²) < 4.78 is 0. The monoisotopic (exact) mass is 260 g/mol. The first kappa shape index (κ1) is 12.1. The van der Waals surface area contributed by atoms with Crippen LogP contribution in [0.15, 0.2) is 36.4 Å². The van der Waals surface area contributed by atoms with E-state index < -0.39 is 0 Å². The maximum atomic E-state index is 9.08. The van der Waals surface area contributed by atoms with Crippen LogP contribution in [0, 0.1) is 22.7 Å². The minimum Gasteiger partial charge on any atom is -0.370 e. The number of hydrogen-bond acceptors (Lipinski definition) is 4. The summed E-state index contributed by atoms with van der Waals surface area (Å²) in [5, 5.41) is 28.5. The van der Waals surface area contributed by atoms with Gasteiger partial charge in [-0.2, -0.15) is 10.5 Å². The van der Waals surface area contributed by atoms with Gasteiger partial charge in [0.2, 0.25) is 0 Å². The molecule has 96 valence electrons. The van der Waals surface area contributed by atoms with Crippen LogP contribution >= 0.6 is 0 Å². The van der Waals surface area contributed by atoms with Gasteiger partial charge in [0.05, 0.1) is 0 Å². The van der Waals surface area contributed by atoms with E-state index in [1.165, 1.54) is 0 Å². The molecule has 1 aliphatic heterocycles. The standard InChI is InChI=1S/C16H12N4/c17-9-11(10-18)12-5-6-15(16-19-7-8-20-16)14-4-2-1-3-13(12)14/h1-6,19-20H,7-8H2. The van der Waals surface area contributed by atoms with E-state index in [9.17, 15) is 0 Å². The summed E-state index contributed by atoms with van der Waals surface area (Å²) in [6, 6.07) is 15.6. The Morgan fingerprint density at radius 3 is 2.20 bits per heavy atom. The zero-order valence-electron chi connectivity index (χ0n) is 10.8. The normalized spacial score (nSPS) is 13.2. The molecule has 1 heterocycles. The molecule has 3 rings (SSSR count). The Morgan fingerprint density at radius 2 is 1.55 bits per heavy atom. The summed E-state index contributed by atoms with van der Waals surface area (Å²) in [7, 11) is 0. The van der Waals surface area contributed by atoms with Crippen LogP contribution in [-0.4, -0.2) is 13.1 Å². The minimum absolute atomic E-state index is 0.144. The van der Waals surface area contributed by atoms with Crippen molar-refractivity contribution >= 4 is 22.2 Å². The van der Waals surface area contributed by atoms with Crippen molar-refractivity contribution in [3.8, 4) is 12.1 Å². The summed E-state index contributed by atoms with van der Waals surface area (Å²) in [6.07, 6.45) is 0. The van der Waals surface area contributed by atoms with Crippen molar-refractivity contribution in [3.63, 3.8) is 0 Å². The molecule has 0 aromatic heterocycles. The number of fused-ring (bicyclic) bond motifs is 1. The van der Waals surface area contributed by atoms with Gasteiger partial charge >= 0.3 is 0 Å². The lowest BCUT2D eigenvalue weighted by molar-refractivity contribution is 0.942. The van der Waals surface area contributed by atoms with E-state index in [1.54, 1.807) is 0 Å².